The molecule has 388 valence electrons. The number of unbranched alkanes of at least 4 members (excludes halogenated alkanes) is 22. The SMILES string of the molecule is CC/C=C/C/C=C/C/C=C/C/C=C/C/C=C/CCCC(=O)O[C@H](COC(=O)CCCCCCCCCCCCCCCCCCCCCCCC)CO[C@H]1O[C@H](CS(=O)(=O)O)[C@@H](O)C(O)C1O. The van der Waals surface area contributed by atoms with Crippen LogP contribution < -0.4 is 0 Å². The van der Waals surface area contributed by atoms with E-state index in [-0.39, 0.29) is 19.4 Å². The van der Waals surface area contributed by atoms with Crippen LogP contribution in [0.25, 0.3) is 0 Å². The molecule has 1 aliphatic rings. The van der Waals surface area contributed by atoms with Gasteiger partial charge in [-0.1, -0.05) is 209 Å². The minimum Gasteiger partial charge on any atom is -0.462 e. The first-order valence-corrected chi connectivity index (χ1v) is 28.0. The van der Waals surface area contributed by atoms with Crippen LogP contribution in [0.2, 0.25) is 0 Å². The van der Waals surface area contributed by atoms with E-state index in [9.17, 15) is 37.9 Å². The van der Waals surface area contributed by atoms with E-state index < -0.39 is 71.2 Å². The van der Waals surface area contributed by atoms with E-state index in [1.807, 2.05) is 12.2 Å². The molecule has 0 amide bonds. The highest BCUT2D eigenvalue weighted by Crippen LogP contribution is 2.24. The van der Waals surface area contributed by atoms with Gasteiger partial charge in [-0.05, 0) is 51.4 Å². The maximum Gasteiger partial charge on any atom is 0.306 e. The van der Waals surface area contributed by atoms with Crippen LogP contribution in [0.3, 0.4) is 0 Å². The largest absolute Gasteiger partial charge is 0.462 e. The third kappa shape index (κ3) is 37.9. The third-order valence-corrected chi connectivity index (χ3v) is 12.6. The third-order valence-electron chi connectivity index (χ3n) is 11.9. The molecular weight excluding hydrogens is 873 g/mol. The van der Waals surface area contributed by atoms with Gasteiger partial charge in [0.05, 0.1) is 6.61 Å². The van der Waals surface area contributed by atoms with Crippen molar-refractivity contribution < 1.29 is 56.8 Å². The van der Waals surface area contributed by atoms with Gasteiger partial charge in [-0.2, -0.15) is 8.42 Å². The van der Waals surface area contributed by atoms with Crippen molar-refractivity contribution in [2.45, 2.75) is 250 Å². The number of hydrogen-bond donors (Lipinski definition) is 4. The molecule has 2 unspecified atom stereocenters. The second kappa shape index (κ2) is 43.4. The van der Waals surface area contributed by atoms with Gasteiger partial charge >= 0.3 is 11.9 Å². The minimum absolute atomic E-state index is 0.0854. The Morgan fingerprint density at radius 3 is 1.39 bits per heavy atom. The summed E-state index contributed by atoms with van der Waals surface area (Å²) in [5, 5.41) is 31.0. The molecular formula is C54H94O12S. The molecule has 0 saturated carbocycles. The first-order valence-electron chi connectivity index (χ1n) is 26.3. The van der Waals surface area contributed by atoms with E-state index in [2.05, 4.69) is 62.5 Å². The maximum absolute atomic E-state index is 12.8. The Morgan fingerprint density at radius 1 is 0.522 bits per heavy atom. The molecule has 1 rings (SSSR count). The first kappa shape index (κ1) is 62.4. The van der Waals surface area contributed by atoms with Gasteiger partial charge in [-0.25, -0.2) is 0 Å². The quantitative estimate of drug-likeness (QED) is 0.0196. The van der Waals surface area contributed by atoms with Crippen molar-refractivity contribution in [2.24, 2.45) is 0 Å². The molecule has 0 radical (unpaired) electrons. The monoisotopic (exact) mass is 967 g/mol. The van der Waals surface area contributed by atoms with Crippen molar-refractivity contribution in [3.8, 4) is 0 Å². The summed E-state index contributed by atoms with van der Waals surface area (Å²) in [6.45, 7) is 3.63. The van der Waals surface area contributed by atoms with Crippen molar-refractivity contribution in [2.75, 3.05) is 19.0 Å². The lowest BCUT2D eigenvalue weighted by Gasteiger charge is -2.40. The summed E-state index contributed by atoms with van der Waals surface area (Å²) in [7, 11) is -4.61. The predicted molar refractivity (Wildman–Crippen MR) is 270 cm³/mol. The summed E-state index contributed by atoms with van der Waals surface area (Å²) in [6.07, 6.45) is 45.6. The average Bonchev–Trinajstić information content (AvgIpc) is 3.30. The van der Waals surface area contributed by atoms with Crippen molar-refractivity contribution in [1.29, 1.82) is 0 Å². The molecule has 0 aliphatic carbocycles. The van der Waals surface area contributed by atoms with Crippen LogP contribution in [0.4, 0.5) is 0 Å². The second-order valence-electron chi connectivity index (χ2n) is 18.2. The molecule has 1 fully saturated rings. The fraction of sp³-hybridized carbons (Fsp3) is 0.778. The van der Waals surface area contributed by atoms with Crippen LogP contribution in [0.15, 0.2) is 60.8 Å². The van der Waals surface area contributed by atoms with Gasteiger partial charge in [-0.15, -0.1) is 0 Å². The Labute approximate surface area is 406 Å². The lowest BCUT2D eigenvalue weighted by Crippen LogP contribution is -2.60. The standard InChI is InChI=1S/C54H94O12S/c1-3-5-7-9-11-13-15-17-19-21-22-23-24-25-27-28-30-32-34-36-38-40-42-49(55)63-44-47(45-64-54-53(59)52(58)51(57)48(66-54)46-67(60,61)62)65-50(56)43-41-39-37-35-33-31-29-26-20-18-16-14-12-10-8-6-4-2/h6,8,12,14,18,20,29,31,35,37,47-48,51-54,57-59H,3-5,7,9-11,13,15-17,19,21-28,30,32-34,36,38-46H2,1-2H3,(H,60,61,62)/b8-6+,14-12+,20-18+,31-29+,37-35+/t47-,48-,51-,52?,53?,54+/m1/s1. The van der Waals surface area contributed by atoms with Crippen LogP contribution >= 0.6 is 0 Å². The highest BCUT2D eigenvalue weighted by atomic mass is 32.2. The van der Waals surface area contributed by atoms with E-state index >= 15 is 0 Å². The fourth-order valence-corrected chi connectivity index (χ4v) is 8.52. The van der Waals surface area contributed by atoms with Crippen molar-refractivity contribution >= 4 is 22.1 Å². The van der Waals surface area contributed by atoms with Crippen molar-refractivity contribution in [3.05, 3.63) is 60.8 Å². The number of aliphatic hydroxyl groups is 3. The van der Waals surface area contributed by atoms with Crippen LogP contribution in [0.1, 0.15) is 213 Å². The molecule has 13 heteroatoms. The number of ether oxygens (including phenoxy) is 4. The van der Waals surface area contributed by atoms with Gasteiger partial charge in [0.15, 0.2) is 12.4 Å². The molecule has 0 aromatic heterocycles. The number of aliphatic hydroxyl groups excluding tert-OH is 3. The van der Waals surface area contributed by atoms with Crippen LogP contribution in [-0.2, 0) is 38.7 Å². The Bertz CT molecular complexity index is 1460. The smallest absolute Gasteiger partial charge is 0.306 e. The number of esters is 2. The van der Waals surface area contributed by atoms with Crippen molar-refractivity contribution in [1.82, 2.24) is 0 Å². The number of carbonyl (C=O) groups is 2. The molecule has 0 spiro atoms. The van der Waals surface area contributed by atoms with Gasteiger partial charge in [0, 0.05) is 12.8 Å². The van der Waals surface area contributed by atoms with Crippen LogP contribution in [-0.4, -0.2) is 96.0 Å². The molecule has 1 heterocycles. The number of hydrogen-bond acceptors (Lipinski definition) is 11. The van der Waals surface area contributed by atoms with E-state index in [0.717, 1.165) is 51.4 Å². The Morgan fingerprint density at radius 2 is 0.940 bits per heavy atom. The summed E-state index contributed by atoms with van der Waals surface area (Å²) >= 11 is 0. The Balaban J connectivity index is 2.37. The topological polar surface area (TPSA) is 186 Å². The fourth-order valence-electron chi connectivity index (χ4n) is 7.83. The molecule has 6 atom stereocenters. The predicted octanol–water partition coefficient (Wildman–Crippen LogP) is 12.1. The summed E-state index contributed by atoms with van der Waals surface area (Å²) in [5.74, 6) is -2.06. The lowest BCUT2D eigenvalue weighted by molar-refractivity contribution is -0.297. The molecule has 1 aliphatic heterocycles. The molecule has 0 aromatic rings. The number of allylic oxidation sites excluding steroid dienone is 10. The highest BCUT2D eigenvalue weighted by molar-refractivity contribution is 7.85. The summed E-state index contributed by atoms with van der Waals surface area (Å²) < 4.78 is 54.2. The van der Waals surface area contributed by atoms with E-state index in [1.165, 1.54) is 116 Å². The zero-order valence-electron chi connectivity index (χ0n) is 41.7. The van der Waals surface area contributed by atoms with Gasteiger partial charge in [0.25, 0.3) is 10.1 Å². The number of carbonyl (C=O) groups excluding carboxylic acids is 2. The average molecular weight is 967 g/mol. The Kier molecular flexibility index (Phi) is 40.4. The van der Waals surface area contributed by atoms with Gasteiger partial charge in [0.2, 0.25) is 0 Å². The zero-order chi connectivity index (χ0) is 49.1. The van der Waals surface area contributed by atoms with Gasteiger partial charge < -0.3 is 34.3 Å². The highest BCUT2D eigenvalue weighted by Gasteiger charge is 2.46. The molecule has 0 aromatic carbocycles. The first-order chi connectivity index (χ1) is 32.5. The van der Waals surface area contributed by atoms with Gasteiger partial charge in [0.1, 0.15) is 36.8 Å². The van der Waals surface area contributed by atoms with E-state index in [4.69, 9.17) is 18.9 Å². The second-order valence-corrected chi connectivity index (χ2v) is 19.7. The van der Waals surface area contributed by atoms with Crippen molar-refractivity contribution in [3.63, 3.8) is 0 Å². The Hall–Kier alpha value is -2.65. The van der Waals surface area contributed by atoms with Gasteiger partial charge in [-0.3, -0.25) is 14.1 Å². The molecule has 0 bridgehead atoms. The molecule has 1 saturated heterocycles. The van der Waals surface area contributed by atoms with E-state index in [0.29, 0.717) is 19.3 Å². The van der Waals surface area contributed by atoms with Crippen LogP contribution in [0, 0.1) is 0 Å². The maximum atomic E-state index is 12.8. The molecule has 12 nitrogen and oxygen atoms in total. The summed E-state index contributed by atoms with van der Waals surface area (Å²) in [4.78, 5) is 25.5. The summed E-state index contributed by atoms with van der Waals surface area (Å²) in [5.41, 5.74) is 0. The molecule has 4 N–H and O–H groups in total. The zero-order valence-corrected chi connectivity index (χ0v) is 42.6. The van der Waals surface area contributed by atoms with Crippen LogP contribution in [0.5, 0.6) is 0 Å². The minimum atomic E-state index is -4.61. The normalized spacial score (nSPS) is 19.8. The molecule has 67 heavy (non-hydrogen) atoms. The number of rotatable bonds is 44. The lowest BCUT2D eigenvalue weighted by atomic mass is 10.00. The summed E-state index contributed by atoms with van der Waals surface area (Å²) in [6, 6.07) is 0. The van der Waals surface area contributed by atoms with E-state index in [1.54, 1.807) is 0 Å².